The van der Waals surface area contributed by atoms with Crippen LogP contribution in [0.1, 0.15) is 29.5 Å². The molecular weight excluding hydrogens is 274 g/mol. The van der Waals surface area contributed by atoms with Crippen LogP contribution in [0.4, 0.5) is 0 Å². The zero-order valence-corrected chi connectivity index (χ0v) is 12.0. The number of carbonyl (C=O) groups is 3. The topological polar surface area (TPSA) is 104 Å². The van der Waals surface area contributed by atoms with Crippen LogP contribution < -0.4 is 5.32 Å². The van der Waals surface area contributed by atoms with Crippen LogP contribution in [0.25, 0.3) is 0 Å². The van der Waals surface area contributed by atoms with Crippen molar-refractivity contribution < 1.29 is 24.6 Å². The Balaban J connectivity index is 2.67. The third-order valence-corrected chi connectivity index (χ3v) is 3.14. The van der Waals surface area contributed by atoms with Gasteiger partial charge in [0.1, 0.15) is 6.04 Å². The molecule has 1 aromatic carbocycles. The maximum absolute atomic E-state index is 11.9. The van der Waals surface area contributed by atoms with Crippen molar-refractivity contribution in [2.45, 2.75) is 39.2 Å². The number of aryl methyl sites for hydroxylation is 2. The lowest BCUT2D eigenvalue weighted by Gasteiger charge is -2.14. The summed E-state index contributed by atoms with van der Waals surface area (Å²) in [7, 11) is 0. The van der Waals surface area contributed by atoms with Gasteiger partial charge in [0.05, 0.1) is 6.42 Å². The first-order valence-electron chi connectivity index (χ1n) is 6.59. The van der Waals surface area contributed by atoms with Gasteiger partial charge in [-0.25, -0.2) is 4.79 Å². The summed E-state index contributed by atoms with van der Waals surface area (Å²) in [6.45, 7) is 3.79. The Morgan fingerprint density at radius 2 is 1.86 bits per heavy atom. The average molecular weight is 293 g/mol. The Bertz CT molecular complexity index is 553. The van der Waals surface area contributed by atoms with E-state index in [0.29, 0.717) is 0 Å². The first-order valence-corrected chi connectivity index (χ1v) is 6.59. The van der Waals surface area contributed by atoms with Crippen LogP contribution in [0.15, 0.2) is 18.2 Å². The van der Waals surface area contributed by atoms with Crippen molar-refractivity contribution in [2.75, 3.05) is 0 Å². The van der Waals surface area contributed by atoms with E-state index >= 15 is 0 Å². The summed E-state index contributed by atoms with van der Waals surface area (Å²) in [4.78, 5) is 33.4. The molecule has 21 heavy (non-hydrogen) atoms. The molecule has 6 nitrogen and oxygen atoms in total. The highest BCUT2D eigenvalue weighted by Gasteiger charge is 2.21. The van der Waals surface area contributed by atoms with E-state index in [1.54, 1.807) is 0 Å². The molecule has 0 bridgehead atoms. The van der Waals surface area contributed by atoms with Crippen molar-refractivity contribution in [1.82, 2.24) is 5.32 Å². The second-order valence-corrected chi connectivity index (χ2v) is 5.00. The van der Waals surface area contributed by atoms with E-state index < -0.39 is 23.9 Å². The van der Waals surface area contributed by atoms with E-state index in [4.69, 9.17) is 10.2 Å². The molecule has 0 saturated carbocycles. The minimum atomic E-state index is -1.23. The van der Waals surface area contributed by atoms with Crippen molar-refractivity contribution >= 4 is 17.8 Å². The van der Waals surface area contributed by atoms with Gasteiger partial charge < -0.3 is 15.5 Å². The molecule has 1 atom stereocenters. The molecule has 3 N–H and O–H groups in total. The number of carboxylic acids is 2. The van der Waals surface area contributed by atoms with Crippen molar-refractivity contribution in [2.24, 2.45) is 0 Å². The van der Waals surface area contributed by atoms with Crippen LogP contribution in [0.5, 0.6) is 0 Å². The van der Waals surface area contributed by atoms with Crippen molar-refractivity contribution in [3.8, 4) is 0 Å². The second kappa shape index (κ2) is 7.42. The summed E-state index contributed by atoms with van der Waals surface area (Å²) in [5.74, 6) is -2.75. The van der Waals surface area contributed by atoms with Gasteiger partial charge in [0.25, 0.3) is 0 Å². The molecule has 0 aliphatic heterocycles. The van der Waals surface area contributed by atoms with Gasteiger partial charge in [-0.05, 0) is 31.4 Å². The standard InChI is InChI=1S/C15H19NO5/c1-9-3-4-10(2)11(7-9)8-13(17)16-12(15(20)21)5-6-14(18)19/h3-4,7,12H,5-6,8H2,1-2H3,(H,16,17)(H,18,19)(H,20,21). The number of rotatable bonds is 7. The van der Waals surface area contributed by atoms with Gasteiger partial charge in [-0.1, -0.05) is 23.8 Å². The maximum Gasteiger partial charge on any atom is 0.326 e. The molecule has 0 aromatic heterocycles. The maximum atomic E-state index is 11.9. The van der Waals surface area contributed by atoms with Gasteiger partial charge in [0.2, 0.25) is 5.91 Å². The Morgan fingerprint density at radius 3 is 2.43 bits per heavy atom. The van der Waals surface area contributed by atoms with Crippen molar-refractivity contribution in [1.29, 1.82) is 0 Å². The normalized spacial score (nSPS) is 11.7. The summed E-state index contributed by atoms with van der Waals surface area (Å²) in [6, 6.07) is 4.53. The smallest absolute Gasteiger partial charge is 0.326 e. The zero-order valence-electron chi connectivity index (χ0n) is 12.0. The molecule has 0 aliphatic carbocycles. The Morgan fingerprint density at radius 1 is 1.19 bits per heavy atom. The molecule has 6 heteroatoms. The lowest BCUT2D eigenvalue weighted by molar-refractivity contribution is -0.143. The minimum Gasteiger partial charge on any atom is -0.481 e. The highest BCUT2D eigenvalue weighted by atomic mass is 16.4. The van der Waals surface area contributed by atoms with E-state index in [1.165, 1.54) is 0 Å². The number of carboxylic acid groups (broad SMARTS) is 2. The predicted octanol–water partition coefficient (Wildman–Crippen LogP) is 1.28. The van der Waals surface area contributed by atoms with E-state index in [2.05, 4.69) is 5.32 Å². The Hall–Kier alpha value is -2.37. The molecule has 0 heterocycles. The molecule has 0 radical (unpaired) electrons. The van der Waals surface area contributed by atoms with Crippen LogP contribution in [0.2, 0.25) is 0 Å². The fraction of sp³-hybridized carbons (Fsp3) is 0.400. The van der Waals surface area contributed by atoms with Crippen LogP contribution in [-0.2, 0) is 20.8 Å². The van der Waals surface area contributed by atoms with Crippen molar-refractivity contribution in [3.05, 3.63) is 34.9 Å². The van der Waals surface area contributed by atoms with Gasteiger partial charge in [0.15, 0.2) is 0 Å². The number of hydrogen-bond acceptors (Lipinski definition) is 3. The molecule has 0 spiro atoms. The van der Waals surface area contributed by atoms with E-state index in [1.807, 2.05) is 32.0 Å². The molecular formula is C15H19NO5. The lowest BCUT2D eigenvalue weighted by atomic mass is 10.0. The third kappa shape index (κ3) is 5.64. The van der Waals surface area contributed by atoms with Crippen LogP contribution in [0.3, 0.4) is 0 Å². The van der Waals surface area contributed by atoms with Gasteiger partial charge in [-0.2, -0.15) is 0 Å². The number of nitrogens with one attached hydrogen (secondary N) is 1. The summed E-state index contributed by atoms with van der Waals surface area (Å²) in [5, 5.41) is 19.9. The molecule has 1 unspecified atom stereocenters. The van der Waals surface area contributed by atoms with E-state index in [9.17, 15) is 14.4 Å². The fourth-order valence-corrected chi connectivity index (χ4v) is 1.93. The molecule has 1 amide bonds. The first-order chi connectivity index (χ1) is 9.79. The zero-order chi connectivity index (χ0) is 16.0. The predicted molar refractivity (Wildman–Crippen MR) is 76.1 cm³/mol. The molecule has 0 aliphatic rings. The first kappa shape index (κ1) is 16.7. The van der Waals surface area contributed by atoms with Crippen LogP contribution in [-0.4, -0.2) is 34.1 Å². The van der Waals surface area contributed by atoms with E-state index in [0.717, 1.165) is 16.7 Å². The number of amides is 1. The van der Waals surface area contributed by atoms with Gasteiger partial charge >= 0.3 is 11.9 Å². The SMILES string of the molecule is Cc1ccc(C)c(CC(=O)NC(CCC(=O)O)C(=O)O)c1. The van der Waals surface area contributed by atoms with Crippen LogP contribution in [0, 0.1) is 13.8 Å². The molecule has 0 fully saturated rings. The van der Waals surface area contributed by atoms with Crippen molar-refractivity contribution in [3.63, 3.8) is 0 Å². The average Bonchev–Trinajstić information content (AvgIpc) is 2.38. The number of hydrogen-bond donors (Lipinski definition) is 3. The summed E-state index contributed by atoms with van der Waals surface area (Å²) >= 11 is 0. The molecule has 114 valence electrons. The lowest BCUT2D eigenvalue weighted by Crippen LogP contribution is -2.41. The number of benzene rings is 1. The highest BCUT2D eigenvalue weighted by Crippen LogP contribution is 2.11. The molecule has 0 saturated heterocycles. The number of aliphatic carboxylic acids is 2. The van der Waals surface area contributed by atoms with E-state index in [-0.39, 0.29) is 19.3 Å². The third-order valence-electron chi connectivity index (χ3n) is 3.14. The van der Waals surface area contributed by atoms with Crippen LogP contribution >= 0.6 is 0 Å². The Labute approximate surface area is 122 Å². The monoisotopic (exact) mass is 293 g/mol. The summed E-state index contributed by atoms with van der Waals surface area (Å²) in [6.07, 6.45) is -0.367. The molecule has 1 aromatic rings. The largest absolute Gasteiger partial charge is 0.481 e. The molecule has 1 rings (SSSR count). The summed E-state index contributed by atoms with van der Waals surface area (Å²) < 4.78 is 0. The fourth-order valence-electron chi connectivity index (χ4n) is 1.93. The number of carbonyl (C=O) groups excluding carboxylic acids is 1. The Kier molecular flexibility index (Phi) is 5.90. The highest BCUT2D eigenvalue weighted by molar-refractivity contribution is 5.85. The van der Waals surface area contributed by atoms with Gasteiger partial charge in [0, 0.05) is 6.42 Å². The minimum absolute atomic E-state index is 0.0738. The summed E-state index contributed by atoms with van der Waals surface area (Å²) in [5.41, 5.74) is 2.80. The van der Waals surface area contributed by atoms with Gasteiger partial charge in [-0.15, -0.1) is 0 Å². The quantitative estimate of drug-likeness (QED) is 0.702. The van der Waals surface area contributed by atoms with Gasteiger partial charge in [-0.3, -0.25) is 9.59 Å². The second-order valence-electron chi connectivity index (χ2n) is 5.00.